The summed E-state index contributed by atoms with van der Waals surface area (Å²) in [7, 11) is 0. The summed E-state index contributed by atoms with van der Waals surface area (Å²) in [6.07, 6.45) is 1.45. The zero-order valence-corrected chi connectivity index (χ0v) is 7.30. The Bertz CT molecular complexity index is 521. The van der Waals surface area contributed by atoms with Crippen molar-refractivity contribution in [1.29, 1.82) is 0 Å². The van der Waals surface area contributed by atoms with Gasteiger partial charge in [-0.2, -0.15) is 0 Å². The molecule has 0 fully saturated rings. The quantitative estimate of drug-likeness (QED) is 0.441. The van der Waals surface area contributed by atoms with Gasteiger partial charge in [0, 0.05) is 11.5 Å². The van der Waals surface area contributed by atoms with E-state index in [9.17, 15) is 10.2 Å². The standard InChI is InChI=1S/C8H6N2O2S/c11-6-1-4-5(2-7(6)12)9-3-10-8(4)13/h1-3,11-12H,(H,9,10,13). The SMILES string of the molecule is Oc1cc2[nH]cnc(=S)c2cc1O. The van der Waals surface area contributed by atoms with Crippen LogP contribution in [0.25, 0.3) is 10.9 Å². The second kappa shape index (κ2) is 2.70. The van der Waals surface area contributed by atoms with Crippen LogP contribution in [0.15, 0.2) is 18.5 Å². The van der Waals surface area contributed by atoms with Crippen LogP contribution in [0.3, 0.4) is 0 Å². The van der Waals surface area contributed by atoms with E-state index in [1.807, 2.05) is 0 Å². The summed E-state index contributed by atoms with van der Waals surface area (Å²) < 4.78 is 0.393. The predicted molar refractivity (Wildman–Crippen MR) is 50.3 cm³/mol. The van der Waals surface area contributed by atoms with E-state index in [2.05, 4.69) is 9.97 Å². The number of hydrogen-bond donors (Lipinski definition) is 3. The number of aromatic amines is 1. The highest BCUT2D eigenvalue weighted by Crippen LogP contribution is 2.28. The van der Waals surface area contributed by atoms with Crippen molar-refractivity contribution in [2.75, 3.05) is 0 Å². The lowest BCUT2D eigenvalue weighted by Gasteiger charge is -2.00. The number of fused-ring (bicyclic) bond motifs is 1. The van der Waals surface area contributed by atoms with Gasteiger partial charge in [0.05, 0.1) is 11.8 Å². The van der Waals surface area contributed by atoms with Gasteiger partial charge < -0.3 is 15.2 Å². The number of rotatable bonds is 0. The van der Waals surface area contributed by atoms with E-state index >= 15 is 0 Å². The van der Waals surface area contributed by atoms with Crippen LogP contribution < -0.4 is 0 Å². The molecule has 13 heavy (non-hydrogen) atoms. The molecule has 0 radical (unpaired) electrons. The van der Waals surface area contributed by atoms with Crippen molar-refractivity contribution >= 4 is 23.1 Å². The minimum atomic E-state index is -0.194. The first kappa shape index (κ1) is 8.00. The Kier molecular flexibility index (Phi) is 1.66. The molecule has 1 aromatic heterocycles. The van der Waals surface area contributed by atoms with Crippen LogP contribution in [0.1, 0.15) is 0 Å². The number of aromatic nitrogens is 2. The zero-order valence-electron chi connectivity index (χ0n) is 6.48. The molecular formula is C8H6N2O2S. The minimum Gasteiger partial charge on any atom is -0.504 e. The van der Waals surface area contributed by atoms with E-state index in [1.165, 1.54) is 18.5 Å². The fourth-order valence-electron chi connectivity index (χ4n) is 1.10. The molecule has 5 heteroatoms. The highest BCUT2D eigenvalue weighted by atomic mass is 32.1. The molecule has 0 aliphatic carbocycles. The van der Waals surface area contributed by atoms with Crippen molar-refractivity contribution in [1.82, 2.24) is 9.97 Å². The smallest absolute Gasteiger partial charge is 0.159 e. The zero-order chi connectivity index (χ0) is 9.42. The number of nitrogens with one attached hydrogen (secondary N) is 1. The number of hydrogen-bond acceptors (Lipinski definition) is 4. The first-order valence-corrected chi connectivity index (χ1v) is 3.98. The number of aromatic hydroxyl groups is 2. The van der Waals surface area contributed by atoms with Crippen LogP contribution in [0.2, 0.25) is 0 Å². The van der Waals surface area contributed by atoms with Gasteiger partial charge in [-0.15, -0.1) is 0 Å². The summed E-state index contributed by atoms with van der Waals surface area (Å²) in [6, 6.07) is 2.79. The van der Waals surface area contributed by atoms with Gasteiger partial charge in [0.25, 0.3) is 0 Å². The van der Waals surface area contributed by atoms with E-state index in [0.29, 0.717) is 15.5 Å². The molecule has 0 aliphatic rings. The summed E-state index contributed by atoms with van der Waals surface area (Å²) in [5.74, 6) is -0.371. The van der Waals surface area contributed by atoms with Gasteiger partial charge in [0.1, 0.15) is 4.64 Å². The third-order valence-corrected chi connectivity index (χ3v) is 2.07. The van der Waals surface area contributed by atoms with Crippen LogP contribution in [0.5, 0.6) is 11.5 Å². The van der Waals surface area contributed by atoms with Gasteiger partial charge in [-0.25, -0.2) is 4.98 Å². The van der Waals surface area contributed by atoms with Crippen LogP contribution in [-0.4, -0.2) is 20.2 Å². The fraction of sp³-hybridized carbons (Fsp3) is 0. The van der Waals surface area contributed by atoms with E-state index < -0.39 is 0 Å². The Labute approximate surface area is 78.5 Å². The van der Waals surface area contributed by atoms with E-state index in [1.54, 1.807) is 0 Å². The Hall–Kier alpha value is -1.62. The fourth-order valence-corrected chi connectivity index (χ4v) is 1.32. The number of H-pyrrole nitrogens is 1. The molecule has 0 saturated heterocycles. The average molecular weight is 194 g/mol. The van der Waals surface area contributed by atoms with Gasteiger partial charge in [-0.05, 0) is 6.07 Å². The van der Waals surface area contributed by atoms with Crippen LogP contribution in [-0.2, 0) is 0 Å². The number of nitrogens with zero attached hydrogens (tertiary/aromatic N) is 1. The summed E-state index contributed by atoms with van der Waals surface area (Å²) >= 11 is 4.93. The Balaban J connectivity index is 2.97. The molecular weight excluding hydrogens is 188 g/mol. The number of phenolic OH excluding ortho intramolecular Hbond substituents is 2. The van der Waals surface area contributed by atoms with Crippen molar-refractivity contribution in [3.8, 4) is 11.5 Å². The van der Waals surface area contributed by atoms with Crippen LogP contribution in [0, 0.1) is 4.64 Å². The monoisotopic (exact) mass is 194 g/mol. The molecule has 0 unspecified atom stereocenters. The van der Waals surface area contributed by atoms with Gasteiger partial charge in [0.2, 0.25) is 0 Å². The van der Waals surface area contributed by atoms with Crippen molar-refractivity contribution in [2.24, 2.45) is 0 Å². The molecule has 0 aliphatic heterocycles. The predicted octanol–water partition coefficient (Wildman–Crippen LogP) is 1.70. The summed E-state index contributed by atoms with van der Waals surface area (Å²) in [6.45, 7) is 0. The van der Waals surface area contributed by atoms with Crippen molar-refractivity contribution in [2.45, 2.75) is 0 Å². The van der Waals surface area contributed by atoms with Crippen molar-refractivity contribution in [3.05, 3.63) is 23.1 Å². The molecule has 1 aromatic carbocycles. The first-order valence-electron chi connectivity index (χ1n) is 3.58. The average Bonchev–Trinajstić information content (AvgIpc) is 2.09. The Morgan fingerprint density at radius 1 is 1.23 bits per heavy atom. The Morgan fingerprint density at radius 3 is 2.69 bits per heavy atom. The summed E-state index contributed by atoms with van der Waals surface area (Å²) in [4.78, 5) is 6.66. The molecule has 1 heterocycles. The molecule has 0 saturated carbocycles. The molecule has 2 rings (SSSR count). The molecule has 0 bridgehead atoms. The lowest BCUT2D eigenvalue weighted by atomic mass is 10.2. The largest absolute Gasteiger partial charge is 0.504 e. The van der Waals surface area contributed by atoms with E-state index in [4.69, 9.17) is 12.2 Å². The van der Waals surface area contributed by atoms with Gasteiger partial charge in [0.15, 0.2) is 11.5 Å². The maximum absolute atomic E-state index is 9.20. The van der Waals surface area contributed by atoms with Gasteiger partial charge in [-0.3, -0.25) is 0 Å². The molecule has 0 spiro atoms. The van der Waals surface area contributed by atoms with Gasteiger partial charge in [-0.1, -0.05) is 12.2 Å². The van der Waals surface area contributed by atoms with E-state index in [-0.39, 0.29) is 11.5 Å². The van der Waals surface area contributed by atoms with Crippen molar-refractivity contribution < 1.29 is 10.2 Å². The second-order valence-corrected chi connectivity index (χ2v) is 2.98. The molecule has 0 atom stereocenters. The molecule has 2 aromatic rings. The third-order valence-electron chi connectivity index (χ3n) is 1.75. The van der Waals surface area contributed by atoms with Crippen LogP contribution >= 0.6 is 12.2 Å². The number of benzene rings is 1. The summed E-state index contributed by atoms with van der Waals surface area (Å²) in [5.41, 5.74) is 0.648. The first-order chi connectivity index (χ1) is 6.18. The molecule has 4 nitrogen and oxygen atoms in total. The second-order valence-electron chi connectivity index (χ2n) is 2.59. The van der Waals surface area contributed by atoms with Crippen molar-refractivity contribution in [3.63, 3.8) is 0 Å². The maximum atomic E-state index is 9.20. The minimum absolute atomic E-state index is 0.177. The maximum Gasteiger partial charge on any atom is 0.159 e. The van der Waals surface area contributed by atoms with E-state index in [0.717, 1.165) is 0 Å². The van der Waals surface area contributed by atoms with Gasteiger partial charge >= 0.3 is 0 Å². The third kappa shape index (κ3) is 1.23. The number of phenols is 2. The van der Waals surface area contributed by atoms with Crippen LogP contribution in [0.4, 0.5) is 0 Å². The highest BCUT2D eigenvalue weighted by molar-refractivity contribution is 7.71. The normalized spacial score (nSPS) is 10.5. The topological polar surface area (TPSA) is 69.1 Å². The molecule has 66 valence electrons. The summed E-state index contributed by atoms with van der Waals surface area (Å²) in [5, 5.41) is 19.0. The lowest BCUT2D eigenvalue weighted by Crippen LogP contribution is -1.82. The lowest BCUT2D eigenvalue weighted by molar-refractivity contribution is 0.405. The highest BCUT2D eigenvalue weighted by Gasteiger charge is 2.02. The Morgan fingerprint density at radius 2 is 1.92 bits per heavy atom. The molecule has 0 amide bonds. The molecule has 3 N–H and O–H groups in total.